The van der Waals surface area contributed by atoms with E-state index in [9.17, 15) is 4.79 Å². The summed E-state index contributed by atoms with van der Waals surface area (Å²) in [6.07, 6.45) is 1.12. The number of rotatable bonds is 5. The summed E-state index contributed by atoms with van der Waals surface area (Å²) in [5, 5.41) is 6.83. The Hall–Kier alpha value is -1.96. The van der Waals surface area contributed by atoms with E-state index in [2.05, 4.69) is 10.2 Å². The van der Waals surface area contributed by atoms with Crippen LogP contribution in [0.15, 0.2) is 36.4 Å². The Morgan fingerprint density at radius 2 is 2.21 bits per heavy atom. The van der Waals surface area contributed by atoms with E-state index in [4.69, 9.17) is 27.8 Å². The number of nitrogens with zero attached hydrogens (tertiary/aromatic N) is 1. The lowest BCUT2D eigenvalue weighted by Crippen LogP contribution is -2.35. The first kappa shape index (κ1) is 16.9. The molecule has 3 unspecified atom stereocenters. The summed E-state index contributed by atoms with van der Waals surface area (Å²) in [4.78, 5) is 12.6. The number of primary amides is 1. The van der Waals surface area contributed by atoms with Gasteiger partial charge in [0.25, 0.3) is 0 Å². The second kappa shape index (κ2) is 6.88. The van der Waals surface area contributed by atoms with Crippen LogP contribution in [0.3, 0.4) is 0 Å². The van der Waals surface area contributed by atoms with Crippen LogP contribution >= 0.6 is 23.4 Å². The van der Waals surface area contributed by atoms with Gasteiger partial charge in [0, 0.05) is 16.0 Å². The minimum Gasteiger partial charge on any atom is -0.382 e. The second-order valence-electron chi connectivity index (χ2n) is 5.44. The maximum Gasteiger partial charge on any atom is 0.233 e. The first-order valence-electron chi connectivity index (χ1n) is 7.34. The van der Waals surface area contributed by atoms with Crippen molar-refractivity contribution in [2.24, 2.45) is 5.73 Å². The van der Waals surface area contributed by atoms with Crippen molar-refractivity contribution in [3.05, 3.63) is 52.7 Å². The number of thioether (sulfide) groups is 1. The van der Waals surface area contributed by atoms with Crippen LogP contribution in [0.4, 0.5) is 5.82 Å². The van der Waals surface area contributed by atoms with E-state index in [1.807, 2.05) is 31.2 Å². The van der Waals surface area contributed by atoms with Crippen molar-refractivity contribution in [1.82, 2.24) is 10.2 Å². The van der Waals surface area contributed by atoms with Crippen LogP contribution in [0.1, 0.15) is 24.3 Å². The third-order valence-corrected chi connectivity index (χ3v) is 5.42. The number of nitrogen functional groups attached to an aromatic ring is 1. The molecule has 126 valence electrons. The molecule has 0 bridgehead atoms. The van der Waals surface area contributed by atoms with Crippen LogP contribution in [0.2, 0.25) is 5.02 Å². The van der Waals surface area contributed by atoms with Crippen LogP contribution in [-0.2, 0) is 9.53 Å². The molecule has 1 aromatic heterocycles. The lowest BCUT2D eigenvalue weighted by atomic mass is 10.1. The van der Waals surface area contributed by atoms with Crippen LogP contribution in [0.25, 0.3) is 4.91 Å². The summed E-state index contributed by atoms with van der Waals surface area (Å²) in [6, 6.07) is 9.16. The topological polar surface area (TPSA) is 107 Å². The Labute approximate surface area is 148 Å². The van der Waals surface area contributed by atoms with Gasteiger partial charge < -0.3 is 16.2 Å². The zero-order valence-electron chi connectivity index (χ0n) is 12.9. The molecular formula is C16H17ClN4O2S. The minimum atomic E-state index is -0.519. The normalized spacial score (nSPS) is 21.5. The molecule has 2 aromatic rings. The average Bonchev–Trinajstić information content (AvgIpc) is 3.14. The summed E-state index contributed by atoms with van der Waals surface area (Å²) < 4.78 is 6.06. The van der Waals surface area contributed by atoms with Gasteiger partial charge in [-0.2, -0.15) is 5.10 Å². The molecule has 24 heavy (non-hydrogen) atoms. The fraction of sp³-hybridized carbons (Fsp3) is 0.250. The second-order valence-corrected chi connectivity index (χ2v) is 7.03. The SMILES string of the molecule is CC(OC1C=C(c2cc(N)n[nH]2)SC1C(N)=O)c1ccccc1Cl. The molecule has 5 N–H and O–H groups in total. The number of nitrogens with two attached hydrogens (primary N) is 2. The number of amides is 1. The van der Waals surface area contributed by atoms with Gasteiger partial charge in [0.2, 0.25) is 5.91 Å². The molecule has 0 fully saturated rings. The van der Waals surface area contributed by atoms with Crippen molar-refractivity contribution in [3.63, 3.8) is 0 Å². The first-order chi connectivity index (χ1) is 11.5. The molecule has 3 atom stereocenters. The lowest BCUT2D eigenvalue weighted by Gasteiger charge is -2.22. The number of nitrogens with one attached hydrogen (secondary N) is 1. The fourth-order valence-corrected chi connectivity index (χ4v) is 3.94. The van der Waals surface area contributed by atoms with E-state index >= 15 is 0 Å². The Kier molecular flexibility index (Phi) is 4.84. The van der Waals surface area contributed by atoms with Gasteiger partial charge in [-0.25, -0.2) is 0 Å². The maximum atomic E-state index is 11.8. The molecule has 3 rings (SSSR count). The lowest BCUT2D eigenvalue weighted by molar-refractivity contribution is -0.120. The molecule has 6 nitrogen and oxygen atoms in total. The Morgan fingerprint density at radius 3 is 2.83 bits per heavy atom. The van der Waals surface area contributed by atoms with Gasteiger partial charge in [0.15, 0.2) is 0 Å². The number of anilines is 1. The number of hydrogen-bond donors (Lipinski definition) is 3. The van der Waals surface area contributed by atoms with Gasteiger partial charge in [0.1, 0.15) is 11.1 Å². The summed E-state index contributed by atoms with van der Waals surface area (Å²) in [7, 11) is 0. The van der Waals surface area contributed by atoms with Crippen molar-refractivity contribution < 1.29 is 9.53 Å². The van der Waals surface area contributed by atoms with Crippen molar-refractivity contribution in [2.45, 2.75) is 24.4 Å². The summed E-state index contributed by atoms with van der Waals surface area (Å²) in [5.74, 6) is -0.0500. The van der Waals surface area contributed by atoms with Crippen LogP contribution < -0.4 is 11.5 Å². The Morgan fingerprint density at radius 1 is 1.46 bits per heavy atom. The van der Waals surface area contributed by atoms with Crippen molar-refractivity contribution in [1.29, 1.82) is 0 Å². The molecule has 0 saturated heterocycles. The molecule has 0 radical (unpaired) electrons. The number of hydrogen-bond acceptors (Lipinski definition) is 5. The number of carbonyl (C=O) groups is 1. The minimum absolute atomic E-state index is 0.284. The largest absolute Gasteiger partial charge is 0.382 e. The number of benzene rings is 1. The molecule has 0 spiro atoms. The molecule has 0 saturated carbocycles. The smallest absolute Gasteiger partial charge is 0.233 e. The standard InChI is InChI=1S/C16H17ClN4O2S/c1-8(9-4-2-3-5-10(9)17)23-12-7-13(24-15(12)16(19)22)11-6-14(18)21-20-11/h2-8,12,15H,1H3,(H2,19,22)(H3,18,20,21). The zero-order valence-corrected chi connectivity index (χ0v) is 14.5. The summed E-state index contributed by atoms with van der Waals surface area (Å²) >= 11 is 7.55. The van der Waals surface area contributed by atoms with Gasteiger partial charge >= 0.3 is 0 Å². The van der Waals surface area contributed by atoms with Gasteiger partial charge in [-0.1, -0.05) is 29.8 Å². The van der Waals surface area contributed by atoms with Gasteiger partial charge in [-0.15, -0.1) is 11.8 Å². The highest BCUT2D eigenvalue weighted by atomic mass is 35.5. The van der Waals surface area contributed by atoms with Gasteiger partial charge in [-0.3, -0.25) is 9.89 Å². The number of halogens is 1. The van der Waals surface area contributed by atoms with Gasteiger partial charge in [-0.05, 0) is 24.6 Å². The van der Waals surface area contributed by atoms with Crippen molar-refractivity contribution >= 4 is 40.0 Å². The number of carbonyl (C=O) groups excluding carboxylic acids is 1. The van der Waals surface area contributed by atoms with E-state index in [1.54, 1.807) is 12.1 Å². The van der Waals surface area contributed by atoms with Crippen molar-refractivity contribution in [3.8, 4) is 0 Å². The average molecular weight is 365 g/mol. The molecule has 1 aliphatic heterocycles. The molecule has 2 heterocycles. The van der Waals surface area contributed by atoms with Gasteiger partial charge in [0.05, 0.1) is 17.9 Å². The maximum absolute atomic E-state index is 11.8. The highest BCUT2D eigenvalue weighted by molar-refractivity contribution is 8.09. The van der Waals surface area contributed by atoms with Crippen LogP contribution in [-0.4, -0.2) is 27.5 Å². The molecular weight excluding hydrogens is 348 g/mol. The fourth-order valence-electron chi connectivity index (χ4n) is 2.54. The highest BCUT2D eigenvalue weighted by Crippen LogP contribution is 2.42. The van der Waals surface area contributed by atoms with E-state index in [1.165, 1.54) is 11.8 Å². The third-order valence-electron chi connectivity index (χ3n) is 3.72. The molecule has 1 aliphatic rings. The van der Waals surface area contributed by atoms with E-state index < -0.39 is 17.3 Å². The zero-order chi connectivity index (χ0) is 17.3. The molecule has 0 aliphatic carbocycles. The Bertz CT molecular complexity index is 792. The molecule has 8 heteroatoms. The van der Waals surface area contributed by atoms with E-state index in [-0.39, 0.29) is 6.10 Å². The predicted molar refractivity (Wildman–Crippen MR) is 96.3 cm³/mol. The Balaban J connectivity index is 1.82. The van der Waals surface area contributed by atoms with E-state index in [0.29, 0.717) is 10.8 Å². The number of aromatic nitrogens is 2. The quantitative estimate of drug-likeness (QED) is 0.756. The van der Waals surface area contributed by atoms with E-state index in [0.717, 1.165) is 16.2 Å². The number of H-pyrrole nitrogens is 1. The predicted octanol–water partition coefficient (Wildman–Crippen LogP) is 2.73. The highest BCUT2D eigenvalue weighted by Gasteiger charge is 2.36. The summed E-state index contributed by atoms with van der Waals surface area (Å²) in [5.41, 5.74) is 12.8. The number of ether oxygens (including phenoxy) is 1. The van der Waals surface area contributed by atoms with Crippen LogP contribution in [0, 0.1) is 0 Å². The molecule has 1 aromatic carbocycles. The number of aromatic amines is 1. The summed E-state index contributed by atoms with van der Waals surface area (Å²) in [6.45, 7) is 1.89. The first-order valence-corrected chi connectivity index (χ1v) is 8.60. The third kappa shape index (κ3) is 3.43. The van der Waals surface area contributed by atoms with Crippen molar-refractivity contribution in [2.75, 3.05) is 5.73 Å². The monoisotopic (exact) mass is 364 g/mol. The van der Waals surface area contributed by atoms with Crippen LogP contribution in [0.5, 0.6) is 0 Å². The molecule has 1 amide bonds.